The number of methoxy groups -OCH3 is 2. The third-order valence-corrected chi connectivity index (χ3v) is 3.41. The van der Waals surface area contributed by atoms with E-state index in [1.165, 1.54) is 38.5 Å². The van der Waals surface area contributed by atoms with Crippen LogP contribution >= 0.6 is 0 Å². The molecular formula is C19H18N2O5. The number of hydrogen-bond donors (Lipinski definition) is 2. The van der Waals surface area contributed by atoms with Crippen molar-refractivity contribution in [2.75, 3.05) is 25.3 Å². The Kier molecular flexibility index (Phi) is 6.10. The third-order valence-electron chi connectivity index (χ3n) is 3.41. The average Bonchev–Trinajstić information content (AvgIpc) is 2.65. The summed E-state index contributed by atoms with van der Waals surface area (Å²) >= 11 is 0. The summed E-state index contributed by atoms with van der Waals surface area (Å²) in [5.41, 5.74) is 7.53. The molecule has 134 valence electrons. The molecule has 0 aliphatic carbocycles. The Morgan fingerprint density at radius 1 is 0.923 bits per heavy atom. The normalized spacial score (nSPS) is 10.4. The zero-order valence-electron chi connectivity index (χ0n) is 14.3. The molecule has 2 rings (SSSR count). The largest absolute Gasteiger partial charge is 0.465 e. The topological polar surface area (TPSA) is 108 Å². The number of carbonyl (C=O) groups excluding carboxylic acids is 3. The smallest absolute Gasteiger partial charge is 0.337 e. The predicted molar refractivity (Wildman–Crippen MR) is 97.6 cm³/mol. The van der Waals surface area contributed by atoms with E-state index >= 15 is 0 Å². The van der Waals surface area contributed by atoms with Gasteiger partial charge in [0.15, 0.2) is 0 Å². The van der Waals surface area contributed by atoms with E-state index in [0.29, 0.717) is 5.69 Å². The first-order valence-corrected chi connectivity index (χ1v) is 7.59. The lowest BCUT2D eigenvalue weighted by molar-refractivity contribution is -0.111. The molecule has 0 saturated carbocycles. The van der Waals surface area contributed by atoms with Crippen molar-refractivity contribution in [2.45, 2.75) is 0 Å². The SMILES string of the molecule is COC(=O)c1cc(NC(=O)/C=C/c2ccc(N)cc2)cc(C(=O)OC)c1. The van der Waals surface area contributed by atoms with Crippen LogP contribution in [0, 0.1) is 0 Å². The van der Waals surface area contributed by atoms with Crippen molar-refractivity contribution in [3.8, 4) is 0 Å². The quantitative estimate of drug-likeness (QED) is 0.485. The van der Waals surface area contributed by atoms with Gasteiger partial charge in [0, 0.05) is 17.5 Å². The highest BCUT2D eigenvalue weighted by Crippen LogP contribution is 2.17. The minimum atomic E-state index is -0.635. The highest BCUT2D eigenvalue weighted by Gasteiger charge is 2.14. The van der Waals surface area contributed by atoms with Gasteiger partial charge in [-0.1, -0.05) is 12.1 Å². The van der Waals surface area contributed by atoms with Crippen LogP contribution in [0.3, 0.4) is 0 Å². The van der Waals surface area contributed by atoms with Gasteiger partial charge in [0.25, 0.3) is 0 Å². The Bertz CT molecular complexity index is 822. The van der Waals surface area contributed by atoms with Gasteiger partial charge in [-0.2, -0.15) is 0 Å². The van der Waals surface area contributed by atoms with Crippen LogP contribution in [0.15, 0.2) is 48.5 Å². The van der Waals surface area contributed by atoms with E-state index in [-0.39, 0.29) is 16.8 Å². The molecule has 0 bridgehead atoms. The number of nitrogen functional groups attached to an aromatic ring is 1. The van der Waals surface area contributed by atoms with E-state index in [9.17, 15) is 14.4 Å². The second-order valence-corrected chi connectivity index (χ2v) is 5.27. The minimum Gasteiger partial charge on any atom is -0.465 e. The molecule has 0 unspecified atom stereocenters. The van der Waals surface area contributed by atoms with E-state index in [1.807, 2.05) is 0 Å². The van der Waals surface area contributed by atoms with Crippen molar-refractivity contribution >= 4 is 35.3 Å². The molecule has 0 radical (unpaired) electrons. The van der Waals surface area contributed by atoms with Gasteiger partial charge in [-0.05, 0) is 42.0 Å². The number of carbonyl (C=O) groups is 3. The molecule has 26 heavy (non-hydrogen) atoms. The van der Waals surface area contributed by atoms with E-state index in [1.54, 1.807) is 30.3 Å². The molecule has 2 aromatic rings. The van der Waals surface area contributed by atoms with Gasteiger partial charge < -0.3 is 20.5 Å². The van der Waals surface area contributed by atoms with E-state index in [4.69, 9.17) is 5.73 Å². The molecule has 7 nitrogen and oxygen atoms in total. The zero-order valence-corrected chi connectivity index (χ0v) is 14.3. The first kappa shape index (κ1) is 18.7. The van der Waals surface area contributed by atoms with Crippen LogP contribution in [0.5, 0.6) is 0 Å². The summed E-state index contributed by atoms with van der Waals surface area (Å²) in [6.45, 7) is 0. The molecule has 0 saturated heterocycles. The van der Waals surface area contributed by atoms with Gasteiger partial charge in [-0.15, -0.1) is 0 Å². The molecule has 1 amide bonds. The average molecular weight is 354 g/mol. The van der Waals surface area contributed by atoms with Gasteiger partial charge in [0.2, 0.25) is 5.91 Å². The molecule has 7 heteroatoms. The van der Waals surface area contributed by atoms with Gasteiger partial charge in [0.1, 0.15) is 0 Å². The monoisotopic (exact) mass is 354 g/mol. The maximum atomic E-state index is 12.1. The third kappa shape index (κ3) is 4.94. The Labute approximate surface area is 150 Å². The summed E-state index contributed by atoms with van der Waals surface area (Å²) < 4.78 is 9.30. The number of benzene rings is 2. The van der Waals surface area contributed by atoms with Crippen molar-refractivity contribution in [3.05, 3.63) is 65.2 Å². The van der Waals surface area contributed by atoms with Crippen LogP contribution in [0.4, 0.5) is 11.4 Å². The zero-order chi connectivity index (χ0) is 19.1. The van der Waals surface area contributed by atoms with E-state index in [0.717, 1.165) is 5.56 Å². The Morgan fingerprint density at radius 3 is 1.96 bits per heavy atom. The number of rotatable bonds is 5. The maximum absolute atomic E-state index is 12.1. The van der Waals surface area contributed by atoms with Crippen molar-refractivity contribution in [2.24, 2.45) is 0 Å². The number of anilines is 2. The summed E-state index contributed by atoms with van der Waals surface area (Å²) in [7, 11) is 2.45. The van der Waals surface area contributed by atoms with Gasteiger partial charge in [-0.3, -0.25) is 4.79 Å². The molecule has 0 spiro atoms. The van der Waals surface area contributed by atoms with Crippen molar-refractivity contribution in [3.63, 3.8) is 0 Å². The molecule has 0 aliphatic rings. The fraction of sp³-hybridized carbons (Fsp3) is 0.105. The van der Waals surface area contributed by atoms with E-state index < -0.39 is 17.8 Å². The Morgan fingerprint density at radius 2 is 1.46 bits per heavy atom. The van der Waals surface area contributed by atoms with Crippen molar-refractivity contribution in [1.29, 1.82) is 0 Å². The fourth-order valence-corrected chi connectivity index (χ4v) is 2.13. The van der Waals surface area contributed by atoms with E-state index in [2.05, 4.69) is 14.8 Å². The second-order valence-electron chi connectivity index (χ2n) is 5.27. The second kappa shape index (κ2) is 8.48. The van der Waals surface area contributed by atoms with Crippen LogP contribution in [-0.4, -0.2) is 32.1 Å². The summed E-state index contributed by atoms with van der Waals surface area (Å²) in [6.07, 6.45) is 2.94. The lowest BCUT2D eigenvalue weighted by Gasteiger charge is -2.08. The number of amides is 1. The molecule has 0 aliphatic heterocycles. The van der Waals surface area contributed by atoms with Crippen LogP contribution in [0.2, 0.25) is 0 Å². The fourth-order valence-electron chi connectivity index (χ4n) is 2.13. The summed E-state index contributed by atoms with van der Waals surface area (Å²) in [5, 5.41) is 2.60. The molecule has 0 heterocycles. The molecule has 0 aromatic heterocycles. The minimum absolute atomic E-state index is 0.119. The van der Waals surface area contributed by atoms with Crippen LogP contribution in [-0.2, 0) is 14.3 Å². The first-order valence-electron chi connectivity index (χ1n) is 7.59. The maximum Gasteiger partial charge on any atom is 0.337 e. The number of hydrogen-bond acceptors (Lipinski definition) is 6. The standard InChI is InChI=1S/C19H18N2O5/c1-25-18(23)13-9-14(19(24)26-2)11-16(10-13)21-17(22)8-5-12-3-6-15(20)7-4-12/h3-11H,20H2,1-2H3,(H,21,22)/b8-5+. The van der Waals surface area contributed by atoms with Gasteiger partial charge in [-0.25, -0.2) is 9.59 Å². The molecule has 0 fully saturated rings. The molecule has 0 atom stereocenters. The van der Waals surface area contributed by atoms with Crippen LogP contribution < -0.4 is 11.1 Å². The molecule has 2 aromatic carbocycles. The molecular weight excluding hydrogens is 336 g/mol. The number of nitrogens with two attached hydrogens (primary N) is 1. The Hall–Kier alpha value is -3.61. The highest BCUT2D eigenvalue weighted by molar-refractivity contribution is 6.04. The lowest BCUT2D eigenvalue weighted by Crippen LogP contribution is -2.12. The van der Waals surface area contributed by atoms with Gasteiger partial charge in [0.05, 0.1) is 25.3 Å². The summed E-state index contributed by atoms with van der Waals surface area (Å²) in [4.78, 5) is 35.6. The number of nitrogens with one attached hydrogen (secondary N) is 1. The number of esters is 2. The highest BCUT2D eigenvalue weighted by atomic mass is 16.5. The van der Waals surface area contributed by atoms with Gasteiger partial charge >= 0.3 is 11.9 Å². The van der Waals surface area contributed by atoms with Crippen LogP contribution in [0.25, 0.3) is 6.08 Å². The Balaban J connectivity index is 2.21. The summed E-state index contributed by atoms with van der Waals surface area (Å²) in [5.74, 6) is -1.70. The van der Waals surface area contributed by atoms with Crippen molar-refractivity contribution < 1.29 is 23.9 Å². The number of ether oxygens (including phenoxy) is 2. The van der Waals surface area contributed by atoms with Crippen LogP contribution in [0.1, 0.15) is 26.3 Å². The molecule has 3 N–H and O–H groups in total. The lowest BCUT2D eigenvalue weighted by atomic mass is 10.1. The summed E-state index contributed by atoms with van der Waals surface area (Å²) in [6, 6.07) is 11.1. The van der Waals surface area contributed by atoms with Crippen molar-refractivity contribution in [1.82, 2.24) is 0 Å². The predicted octanol–water partition coefficient (Wildman–Crippen LogP) is 2.49. The first-order chi connectivity index (χ1) is 12.4.